The minimum Gasteiger partial charge on any atom is -0.502 e. The molecule has 0 spiro atoms. The molecule has 0 radical (unpaired) electrons. The first kappa shape index (κ1) is 16.3. The van der Waals surface area contributed by atoms with Gasteiger partial charge in [0, 0.05) is 12.6 Å². The van der Waals surface area contributed by atoms with E-state index in [0.29, 0.717) is 6.54 Å². The van der Waals surface area contributed by atoms with Gasteiger partial charge >= 0.3 is 5.69 Å². The largest absolute Gasteiger partial charge is 0.502 e. The Morgan fingerprint density at radius 2 is 2.05 bits per heavy atom. The van der Waals surface area contributed by atoms with E-state index in [-0.39, 0.29) is 17.4 Å². The number of phenolic OH excluding ortho intramolecular Hbond substituents is 1. The van der Waals surface area contributed by atoms with Gasteiger partial charge in [-0.1, -0.05) is 6.92 Å². The van der Waals surface area contributed by atoms with Crippen LogP contribution in [0.2, 0.25) is 0 Å². The van der Waals surface area contributed by atoms with E-state index in [0.717, 1.165) is 18.2 Å². The van der Waals surface area contributed by atoms with Crippen LogP contribution in [0.5, 0.6) is 5.75 Å². The molecule has 0 amide bonds. The predicted octanol–water partition coefficient (Wildman–Crippen LogP) is 0.434. The van der Waals surface area contributed by atoms with Gasteiger partial charge in [0.2, 0.25) is 10.0 Å². The molecule has 3 N–H and O–H groups in total. The third kappa shape index (κ3) is 4.15. The maximum atomic E-state index is 12.0. The molecule has 1 aromatic rings. The fourth-order valence-electron chi connectivity index (χ4n) is 1.57. The van der Waals surface area contributed by atoms with Crippen molar-refractivity contribution in [3.63, 3.8) is 0 Å². The van der Waals surface area contributed by atoms with Gasteiger partial charge in [0.25, 0.3) is 0 Å². The van der Waals surface area contributed by atoms with E-state index in [4.69, 9.17) is 0 Å². The molecule has 1 rings (SSSR count). The predicted molar refractivity (Wildman–Crippen MR) is 73.0 cm³/mol. The van der Waals surface area contributed by atoms with Crippen molar-refractivity contribution in [2.24, 2.45) is 5.92 Å². The monoisotopic (exact) mass is 303 g/mol. The fourth-order valence-corrected chi connectivity index (χ4v) is 2.76. The highest BCUT2D eigenvalue weighted by molar-refractivity contribution is 7.89. The molecule has 1 unspecified atom stereocenters. The van der Waals surface area contributed by atoms with Crippen LogP contribution in [0.15, 0.2) is 23.1 Å². The molecule has 0 fully saturated rings. The third-order valence-electron chi connectivity index (χ3n) is 2.63. The number of aromatic hydroxyl groups is 1. The van der Waals surface area contributed by atoms with Gasteiger partial charge in [0.1, 0.15) is 0 Å². The summed E-state index contributed by atoms with van der Waals surface area (Å²) in [7, 11) is -2.08. The zero-order chi connectivity index (χ0) is 15.3. The van der Waals surface area contributed by atoms with Crippen molar-refractivity contribution in [3.05, 3.63) is 28.3 Å². The lowest BCUT2D eigenvalue weighted by Crippen LogP contribution is -2.32. The van der Waals surface area contributed by atoms with Crippen molar-refractivity contribution in [2.75, 3.05) is 20.1 Å². The second-order valence-corrected chi connectivity index (χ2v) is 6.19. The smallest absolute Gasteiger partial charge is 0.312 e. The van der Waals surface area contributed by atoms with E-state index in [1.807, 2.05) is 6.92 Å². The molecule has 1 aromatic carbocycles. The number of nitro benzene ring substituents is 1. The molecule has 0 aromatic heterocycles. The number of benzene rings is 1. The fraction of sp³-hybridized carbons (Fsp3) is 0.455. The van der Waals surface area contributed by atoms with E-state index >= 15 is 0 Å². The summed E-state index contributed by atoms with van der Waals surface area (Å²) < 4.78 is 26.4. The van der Waals surface area contributed by atoms with E-state index in [9.17, 15) is 23.6 Å². The number of nitro groups is 1. The van der Waals surface area contributed by atoms with Gasteiger partial charge in [-0.15, -0.1) is 0 Å². The quantitative estimate of drug-likeness (QED) is 0.496. The lowest BCUT2D eigenvalue weighted by Gasteiger charge is -2.12. The van der Waals surface area contributed by atoms with Gasteiger partial charge in [-0.2, -0.15) is 0 Å². The molecular formula is C11H17N3O5S. The maximum absolute atomic E-state index is 12.0. The van der Waals surface area contributed by atoms with Crippen LogP contribution in [-0.2, 0) is 10.0 Å². The van der Waals surface area contributed by atoms with Crippen LogP contribution >= 0.6 is 0 Å². The van der Waals surface area contributed by atoms with Crippen molar-refractivity contribution in [3.8, 4) is 5.75 Å². The Labute approximate surface area is 117 Å². The number of sulfonamides is 1. The Hall–Kier alpha value is -1.71. The summed E-state index contributed by atoms with van der Waals surface area (Å²) in [6.45, 7) is 2.70. The van der Waals surface area contributed by atoms with Crippen molar-refractivity contribution >= 4 is 15.7 Å². The Balaban J connectivity index is 2.93. The van der Waals surface area contributed by atoms with E-state index in [1.54, 1.807) is 7.05 Å². The molecule has 112 valence electrons. The van der Waals surface area contributed by atoms with Crippen LogP contribution in [0.3, 0.4) is 0 Å². The zero-order valence-electron chi connectivity index (χ0n) is 11.2. The van der Waals surface area contributed by atoms with Gasteiger partial charge in [0.15, 0.2) is 5.75 Å². The molecule has 0 saturated heterocycles. The minimum atomic E-state index is -3.84. The second kappa shape index (κ2) is 6.64. The molecule has 0 saturated carbocycles. The van der Waals surface area contributed by atoms with Gasteiger partial charge in [-0.05, 0) is 31.6 Å². The Bertz CT molecular complexity index is 588. The van der Waals surface area contributed by atoms with Crippen molar-refractivity contribution in [2.45, 2.75) is 11.8 Å². The number of hydrogen-bond acceptors (Lipinski definition) is 6. The number of phenols is 1. The molecule has 20 heavy (non-hydrogen) atoms. The highest BCUT2D eigenvalue weighted by Gasteiger charge is 2.21. The Morgan fingerprint density at radius 1 is 1.40 bits per heavy atom. The molecule has 9 heteroatoms. The summed E-state index contributed by atoms with van der Waals surface area (Å²) >= 11 is 0. The third-order valence-corrected chi connectivity index (χ3v) is 4.05. The Kier molecular flexibility index (Phi) is 5.43. The van der Waals surface area contributed by atoms with Crippen LogP contribution in [0.25, 0.3) is 0 Å². The summed E-state index contributed by atoms with van der Waals surface area (Å²) in [4.78, 5) is 9.59. The highest BCUT2D eigenvalue weighted by atomic mass is 32.2. The zero-order valence-corrected chi connectivity index (χ0v) is 12.0. The molecule has 0 aliphatic carbocycles. The molecular weight excluding hydrogens is 286 g/mol. The van der Waals surface area contributed by atoms with Crippen LogP contribution in [-0.4, -0.2) is 38.6 Å². The van der Waals surface area contributed by atoms with Gasteiger partial charge in [0.05, 0.1) is 9.82 Å². The summed E-state index contributed by atoms with van der Waals surface area (Å²) in [6, 6.07) is 2.94. The lowest BCUT2D eigenvalue weighted by atomic mass is 10.2. The van der Waals surface area contributed by atoms with Crippen LogP contribution in [0.1, 0.15) is 6.92 Å². The average molecular weight is 303 g/mol. The van der Waals surface area contributed by atoms with Gasteiger partial charge in [-0.3, -0.25) is 10.1 Å². The molecule has 0 aliphatic heterocycles. The van der Waals surface area contributed by atoms with Gasteiger partial charge in [-0.25, -0.2) is 13.1 Å². The first-order valence-corrected chi connectivity index (χ1v) is 7.38. The first-order valence-electron chi connectivity index (χ1n) is 5.89. The molecule has 0 heterocycles. The van der Waals surface area contributed by atoms with Crippen molar-refractivity contribution in [1.82, 2.24) is 10.0 Å². The van der Waals surface area contributed by atoms with Crippen LogP contribution in [0, 0.1) is 16.0 Å². The number of nitrogens with one attached hydrogen (secondary N) is 2. The Morgan fingerprint density at radius 3 is 2.60 bits per heavy atom. The van der Waals surface area contributed by atoms with E-state index in [2.05, 4.69) is 10.0 Å². The minimum absolute atomic E-state index is 0.0712. The van der Waals surface area contributed by atoms with Crippen LogP contribution < -0.4 is 10.0 Å². The molecule has 0 aliphatic rings. The SMILES string of the molecule is CNCC(C)CNS(=O)(=O)c1ccc(O)c([N+](=O)[O-])c1. The molecule has 0 bridgehead atoms. The topological polar surface area (TPSA) is 122 Å². The average Bonchev–Trinajstić information content (AvgIpc) is 2.37. The molecule has 1 atom stereocenters. The summed E-state index contributed by atoms with van der Waals surface area (Å²) in [6.07, 6.45) is 0. The second-order valence-electron chi connectivity index (χ2n) is 4.42. The van der Waals surface area contributed by atoms with Crippen molar-refractivity contribution < 1.29 is 18.4 Å². The summed E-state index contributed by atoms with van der Waals surface area (Å²) in [5.41, 5.74) is -0.642. The lowest BCUT2D eigenvalue weighted by molar-refractivity contribution is -0.386. The highest BCUT2D eigenvalue weighted by Crippen LogP contribution is 2.28. The van der Waals surface area contributed by atoms with Crippen LogP contribution in [0.4, 0.5) is 5.69 Å². The summed E-state index contributed by atoms with van der Waals surface area (Å²) in [5.74, 6) is -0.501. The van der Waals surface area contributed by atoms with E-state index < -0.39 is 26.4 Å². The molecule has 8 nitrogen and oxygen atoms in total. The normalized spacial score (nSPS) is 13.1. The van der Waals surface area contributed by atoms with E-state index in [1.165, 1.54) is 0 Å². The standard InChI is InChI=1S/C11H17N3O5S/c1-8(6-12-2)7-13-20(18,19)9-3-4-11(15)10(5-9)14(16)17/h3-5,8,12-13,15H,6-7H2,1-2H3. The first-order chi connectivity index (χ1) is 9.27. The van der Waals surface area contributed by atoms with Crippen molar-refractivity contribution in [1.29, 1.82) is 0 Å². The maximum Gasteiger partial charge on any atom is 0.312 e. The number of nitrogens with zero attached hydrogens (tertiary/aromatic N) is 1. The van der Waals surface area contributed by atoms with Gasteiger partial charge < -0.3 is 10.4 Å². The summed E-state index contributed by atoms with van der Waals surface area (Å²) in [5, 5.41) is 22.9. The number of hydrogen-bond donors (Lipinski definition) is 3. The number of rotatable bonds is 7.